The fraction of sp³-hybridized carbons (Fsp3) is 0.121. The Labute approximate surface area is 403 Å². The molecule has 0 atom stereocenters. The van der Waals surface area contributed by atoms with Gasteiger partial charge in [0.05, 0.1) is 5.69 Å². The molecule has 3 heteroatoms. The van der Waals surface area contributed by atoms with Gasteiger partial charge in [-0.15, -0.1) is 0 Å². The number of rotatable bonds is 7. The third-order valence-electron chi connectivity index (χ3n) is 13.9. The van der Waals surface area contributed by atoms with Crippen LogP contribution in [0.5, 0.6) is 0 Å². The minimum Gasteiger partial charge on any atom is -0.456 e. The topological polar surface area (TPSA) is 29.5 Å². The van der Waals surface area contributed by atoms with E-state index in [-0.39, 0.29) is 10.8 Å². The Hall–Kier alpha value is -8.14. The first-order valence-electron chi connectivity index (χ1n) is 24.1. The molecule has 0 saturated carbocycles. The normalized spacial score (nSPS) is 12.2. The highest BCUT2D eigenvalue weighted by atomic mass is 16.3. The molecule has 12 aromatic rings. The second-order valence-corrected chi connectivity index (χ2v) is 20.6. The molecule has 0 aliphatic carbocycles. The molecule has 3 nitrogen and oxygen atoms in total. The van der Waals surface area contributed by atoms with Crippen molar-refractivity contribution in [2.45, 2.75) is 52.4 Å². The smallest absolute Gasteiger partial charge is 0.136 e. The summed E-state index contributed by atoms with van der Waals surface area (Å²) in [6.07, 6.45) is 0. The lowest BCUT2D eigenvalue weighted by atomic mass is 9.78. The standard InChI is InChI=1S/C66H53NO2/c1-65(2,3)48-35-47(36-49(41-48)66(4,5)6)52-26-15-17-42-18-16-27-57(64(42)52)53-23-7-10-28-59(53)67(50-21-13-19-43(37-50)45-32-34-62-58(39-45)55-25-9-12-30-61(55)68-62)51-22-14-20-44(38-51)46-31-33-56-54-24-8-11-29-60(54)69-63(56)40-46/h7-41H,1-6H3. The molecule has 2 aromatic heterocycles. The van der Waals surface area contributed by atoms with E-state index in [1.807, 2.05) is 24.3 Å². The van der Waals surface area contributed by atoms with Crippen LogP contribution in [-0.2, 0) is 10.8 Å². The van der Waals surface area contributed by atoms with Gasteiger partial charge in [0.25, 0.3) is 0 Å². The summed E-state index contributed by atoms with van der Waals surface area (Å²) in [6, 6.07) is 77.3. The minimum atomic E-state index is -0.0184. The second kappa shape index (κ2) is 16.3. The Bertz CT molecular complexity index is 3910. The molecule has 0 spiro atoms. The highest BCUT2D eigenvalue weighted by Gasteiger charge is 2.24. The van der Waals surface area contributed by atoms with Gasteiger partial charge in [0.15, 0.2) is 0 Å². The summed E-state index contributed by atoms with van der Waals surface area (Å²) < 4.78 is 12.7. The molecule has 0 unspecified atom stereocenters. The number of furan rings is 2. The number of hydrogen-bond acceptors (Lipinski definition) is 3. The van der Waals surface area contributed by atoms with E-state index in [1.165, 1.54) is 38.6 Å². The maximum Gasteiger partial charge on any atom is 0.136 e. The summed E-state index contributed by atoms with van der Waals surface area (Å²) in [4.78, 5) is 2.44. The quantitative estimate of drug-likeness (QED) is 0.160. The minimum absolute atomic E-state index is 0.0184. The average molecular weight is 892 g/mol. The van der Waals surface area contributed by atoms with Crippen LogP contribution in [0.4, 0.5) is 17.1 Å². The summed E-state index contributed by atoms with van der Waals surface area (Å²) in [5.41, 5.74) is 18.6. The van der Waals surface area contributed by atoms with E-state index in [2.05, 4.69) is 234 Å². The van der Waals surface area contributed by atoms with Crippen molar-refractivity contribution in [3.8, 4) is 44.5 Å². The van der Waals surface area contributed by atoms with Crippen molar-refractivity contribution in [1.82, 2.24) is 0 Å². The molecule has 0 N–H and O–H groups in total. The molecule has 0 radical (unpaired) electrons. The van der Waals surface area contributed by atoms with Crippen LogP contribution in [0.1, 0.15) is 52.7 Å². The molecule has 10 aromatic carbocycles. The molecular weight excluding hydrogens is 839 g/mol. The first-order valence-corrected chi connectivity index (χ1v) is 24.1. The zero-order valence-electron chi connectivity index (χ0n) is 40.0. The van der Waals surface area contributed by atoms with Crippen molar-refractivity contribution in [3.05, 3.63) is 223 Å². The van der Waals surface area contributed by atoms with Crippen LogP contribution in [0.25, 0.3) is 99.2 Å². The van der Waals surface area contributed by atoms with Crippen molar-refractivity contribution in [2.24, 2.45) is 0 Å². The van der Waals surface area contributed by atoms with Crippen molar-refractivity contribution < 1.29 is 8.83 Å². The molecular formula is C66H53NO2. The lowest BCUT2D eigenvalue weighted by Crippen LogP contribution is -2.16. The predicted molar refractivity (Wildman–Crippen MR) is 292 cm³/mol. The summed E-state index contributed by atoms with van der Waals surface area (Å²) in [7, 11) is 0. The molecule has 0 fully saturated rings. The Balaban J connectivity index is 1.06. The van der Waals surface area contributed by atoms with E-state index in [0.29, 0.717) is 0 Å². The van der Waals surface area contributed by atoms with Crippen LogP contribution in [0.2, 0.25) is 0 Å². The number of nitrogens with zero attached hydrogens (tertiary/aromatic N) is 1. The van der Waals surface area contributed by atoms with E-state index in [4.69, 9.17) is 8.83 Å². The number of anilines is 3. The Morgan fingerprint density at radius 1 is 0.319 bits per heavy atom. The van der Waals surface area contributed by atoms with E-state index >= 15 is 0 Å². The summed E-state index contributed by atoms with van der Waals surface area (Å²) >= 11 is 0. The predicted octanol–water partition coefficient (Wildman–Crippen LogP) is 19.4. The fourth-order valence-corrected chi connectivity index (χ4v) is 10.2. The molecule has 0 saturated heterocycles. The maximum atomic E-state index is 6.40. The van der Waals surface area contributed by atoms with E-state index in [9.17, 15) is 0 Å². The van der Waals surface area contributed by atoms with Gasteiger partial charge in [0.2, 0.25) is 0 Å². The summed E-state index contributed by atoms with van der Waals surface area (Å²) in [5, 5.41) is 6.92. The first kappa shape index (κ1) is 42.2. The first-order chi connectivity index (χ1) is 33.4. The van der Waals surface area contributed by atoms with Crippen LogP contribution in [0.3, 0.4) is 0 Å². The van der Waals surface area contributed by atoms with E-state index in [1.54, 1.807) is 0 Å². The molecule has 12 rings (SSSR count). The van der Waals surface area contributed by atoms with Gasteiger partial charge in [-0.3, -0.25) is 0 Å². The Morgan fingerprint density at radius 2 is 0.812 bits per heavy atom. The van der Waals surface area contributed by atoms with Gasteiger partial charge >= 0.3 is 0 Å². The molecule has 0 bridgehead atoms. The van der Waals surface area contributed by atoms with Crippen molar-refractivity contribution >= 4 is 71.7 Å². The number of benzene rings is 10. The lowest BCUT2D eigenvalue weighted by molar-refractivity contribution is 0.569. The number of hydrogen-bond donors (Lipinski definition) is 0. The monoisotopic (exact) mass is 891 g/mol. The third kappa shape index (κ3) is 7.56. The number of fused-ring (bicyclic) bond motifs is 7. The molecule has 69 heavy (non-hydrogen) atoms. The van der Waals surface area contributed by atoms with Gasteiger partial charge in [-0.25, -0.2) is 0 Å². The van der Waals surface area contributed by atoms with Gasteiger partial charge in [-0.05, 0) is 138 Å². The van der Waals surface area contributed by atoms with Crippen LogP contribution >= 0.6 is 0 Å². The van der Waals surface area contributed by atoms with Gasteiger partial charge in [0, 0.05) is 38.5 Å². The van der Waals surface area contributed by atoms with Crippen LogP contribution < -0.4 is 4.90 Å². The van der Waals surface area contributed by atoms with Crippen LogP contribution in [0.15, 0.2) is 221 Å². The van der Waals surface area contributed by atoms with Gasteiger partial charge in [0.1, 0.15) is 22.3 Å². The largest absolute Gasteiger partial charge is 0.456 e. The lowest BCUT2D eigenvalue weighted by Gasteiger charge is -2.29. The second-order valence-electron chi connectivity index (χ2n) is 20.6. The van der Waals surface area contributed by atoms with Crippen LogP contribution in [-0.4, -0.2) is 0 Å². The molecule has 334 valence electrons. The van der Waals surface area contributed by atoms with Gasteiger partial charge < -0.3 is 13.7 Å². The van der Waals surface area contributed by atoms with E-state index in [0.717, 1.165) is 88.8 Å². The summed E-state index contributed by atoms with van der Waals surface area (Å²) in [5.74, 6) is 0. The highest BCUT2D eigenvalue weighted by Crippen LogP contribution is 2.47. The zero-order chi connectivity index (χ0) is 47.0. The van der Waals surface area contributed by atoms with Crippen molar-refractivity contribution in [2.75, 3.05) is 4.90 Å². The van der Waals surface area contributed by atoms with Gasteiger partial charge in [-0.1, -0.05) is 187 Å². The van der Waals surface area contributed by atoms with Crippen molar-refractivity contribution in [1.29, 1.82) is 0 Å². The third-order valence-corrected chi connectivity index (χ3v) is 13.9. The average Bonchev–Trinajstić information content (AvgIpc) is 3.93. The number of para-hydroxylation sites is 3. The molecule has 2 heterocycles. The SMILES string of the molecule is CC(C)(C)c1cc(-c2cccc3cccc(-c4ccccc4N(c4cccc(-c5ccc6c(c5)oc5ccccc56)c4)c4cccc(-c5ccc6oc7ccccc7c6c5)c4)c23)cc(C(C)(C)C)c1. The Morgan fingerprint density at radius 3 is 1.48 bits per heavy atom. The molecule has 0 aliphatic rings. The Kier molecular flexibility index (Phi) is 9.97. The zero-order valence-corrected chi connectivity index (χ0v) is 40.0. The fourth-order valence-electron chi connectivity index (χ4n) is 10.2. The molecule has 0 aliphatic heterocycles. The molecule has 0 amide bonds. The van der Waals surface area contributed by atoms with Crippen molar-refractivity contribution in [3.63, 3.8) is 0 Å². The van der Waals surface area contributed by atoms with Gasteiger partial charge in [-0.2, -0.15) is 0 Å². The maximum absolute atomic E-state index is 6.40. The van der Waals surface area contributed by atoms with E-state index < -0.39 is 0 Å². The highest BCUT2D eigenvalue weighted by molar-refractivity contribution is 6.10. The summed E-state index contributed by atoms with van der Waals surface area (Å²) in [6.45, 7) is 13.9. The van der Waals surface area contributed by atoms with Crippen LogP contribution in [0, 0.1) is 0 Å².